The second-order valence-electron chi connectivity index (χ2n) is 7.31. The van der Waals surface area contributed by atoms with Gasteiger partial charge < -0.3 is 18.8 Å². The Bertz CT molecular complexity index is 1330. The first-order valence-electron chi connectivity index (χ1n) is 10.2. The van der Waals surface area contributed by atoms with Crippen LogP contribution in [0.15, 0.2) is 32.8 Å². The molecule has 2 aromatic heterocycles. The Morgan fingerprint density at radius 1 is 1.16 bits per heavy atom. The van der Waals surface area contributed by atoms with E-state index in [1.807, 2.05) is 4.90 Å². The summed E-state index contributed by atoms with van der Waals surface area (Å²) >= 11 is 1.20. The molecule has 1 aromatic carbocycles. The molecule has 0 aliphatic carbocycles. The Morgan fingerprint density at radius 2 is 1.97 bits per heavy atom. The number of anilines is 2. The van der Waals surface area contributed by atoms with E-state index in [-0.39, 0.29) is 35.6 Å². The zero-order valence-electron chi connectivity index (χ0n) is 17.3. The van der Waals surface area contributed by atoms with Gasteiger partial charge in [0.15, 0.2) is 17.3 Å². The predicted molar refractivity (Wildman–Crippen MR) is 120 cm³/mol. The monoisotopic (exact) mass is 454 g/mol. The van der Waals surface area contributed by atoms with Gasteiger partial charge in [0.25, 0.3) is 0 Å². The van der Waals surface area contributed by atoms with Gasteiger partial charge in [-0.25, -0.2) is 4.39 Å². The molecule has 1 fully saturated rings. The highest BCUT2D eigenvalue weighted by Crippen LogP contribution is 2.42. The topological polar surface area (TPSA) is 72.2 Å². The smallest absolute Gasteiger partial charge is 0.303 e. The Morgan fingerprint density at radius 3 is 2.75 bits per heavy atom. The molecule has 0 saturated carbocycles. The molecule has 0 N–H and O–H groups in total. The lowest BCUT2D eigenvalue weighted by Crippen LogP contribution is -2.38. The molecule has 2 aliphatic heterocycles. The van der Waals surface area contributed by atoms with Crippen LogP contribution in [-0.2, 0) is 9.53 Å². The zero-order valence-corrected chi connectivity index (χ0v) is 18.1. The minimum Gasteiger partial charge on any atom is -0.489 e. The molecular formula is C23H19FN2O5S. The number of amides is 1. The molecule has 1 saturated heterocycles. The number of ether oxygens (including phenoxy) is 2. The van der Waals surface area contributed by atoms with Gasteiger partial charge >= 0.3 is 5.91 Å². The van der Waals surface area contributed by atoms with Crippen molar-refractivity contribution in [3.63, 3.8) is 0 Å². The van der Waals surface area contributed by atoms with E-state index in [2.05, 4.69) is 11.8 Å². The summed E-state index contributed by atoms with van der Waals surface area (Å²) in [4.78, 5) is 28.4. The summed E-state index contributed by atoms with van der Waals surface area (Å²) in [5.74, 6) is 4.61. The number of halogens is 1. The van der Waals surface area contributed by atoms with Crippen molar-refractivity contribution in [2.75, 3.05) is 49.3 Å². The zero-order chi connectivity index (χ0) is 22.2. The summed E-state index contributed by atoms with van der Waals surface area (Å²) in [5.41, 5.74) is 0.876. The molecule has 7 nitrogen and oxygen atoms in total. The van der Waals surface area contributed by atoms with E-state index in [9.17, 15) is 9.59 Å². The third-order valence-corrected chi connectivity index (χ3v) is 6.42. The third kappa shape index (κ3) is 3.42. The van der Waals surface area contributed by atoms with Crippen LogP contribution in [0.5, 0.6) is 5.75 Å². The third-order valence-electron chi connectivity index (χ3n) is 5.44. The second-order valence-corrected chi connectivity index (χ2v) is 8.19. The summed E-state index contributed by atoms with van der Waals surface area (Å²) in [6, 6.07) is 4.67. The van der Waals surface area contributed by atoms with Crippen molar-refractivity contribution in [2.45, 2.75) is 6.92 Å². The Labute approximate surface area is 186 Å². The highest BCUT2D eigenvalue weighted by atomic mass is 32.1. The van der Waals surface area contributed by atoms with Crippen molar-refractivity contribution in [1.29, 1.82) is 0 Å². The van der Waals surface area contributed by atoms with Crippen LogP contribution < -0.4 is 20.0 Å². The van der Waals surface area contributed by atoms with Gasteiger partial charge in [-0.2, -0.15) is 0 Å². The molecule has 0 spiro atoms. The fourth-order valence-corrected chi connectivity index (χ4v) is 4.82. The van der Waals surface area contributed by atoms with E-state index >= 15 is 4.39 Å². The molecule has 32 heavy (non-hydrogen) atoms. The van der Waals surface area contributed by atoms with Gasteiger partial charge in [0.05, 0.1) is 19.8 Å². The molecule has 0 bridgehead atoms. The number of nitrogens with zero attached hydrogens (tertiary/aromatic N) is 2. The van der Waals surface area contributed by atoms with Crippen LogP contribution in [0, 0.1) is 17.7 Å². The van der Waals surface area contributed by atoms with Crippen LogP contribution in [-0.4, -0.2) is 45.4 Å². The first-order valence-corrected chi connectivity index (χ1v) is 11.0. The van der Waals surface area contributed by atoms with E-state index < -0.39 is 11.7 Å². The van der Waals surface area contributed by atoms with Crippen molar-refractivity contribution in [3.05, 3.63) is 39.6 Å². The number of rotatable bonds is 2. The van der Waals surface area contributed by atoms with Gasteiger partial charge in [-0.15, -0.1) is 11.3 Å². The average molecular weight is 454 g/mol. The number of thiophene rings is 1. The minimum atomic E-state index is -0.618. The number of carbonyl (C=O) groups is 1. The van der Waals surface area contributed by atoms with Crippen molar-refractivity contribution < 1.29 is 23.1 Å². The average Bonchev–Trinajstić information content (AvgIpc) is 3.24. The fraction of sp³-hybridized carbons (Fsp3) is 0.304. The number of benzene rings is 1. The minimum absolute atomic E-state index is 0.0486. The summed E-state index contributed by atoms with van der Waals surface area (Å²) in [5, 5.41) is 1.70. The molecule has 4 heterocycles. The van der Waals surface area contributed by atoms with E-state index in [1.165, 1.54) is 22.3 Å². The molecule has 5 rings (SSSR count). The lowest BCUT2D eigenvalue weighted by molar-refractivity contribution is -0.113. The largest absolute Gasteiger partial charge is 0.489 e. The molecule has 2 aliphatic rings. The predicted octanol–water partition coefficient (Wildman–Crippen LogP) is 3.25. The van der Waals surface area contributed by atoms with E-state index in [1.54, 1.807) is 24.4 Å². The van der Waals surface area contributed by atoms with Crippen LogP contribution in [0.3, 0.4) is 0 Å². The van der Waals surface area contributed by atoms with Crippen LogP contribution in [0.2, 0.25) is 0 Å². The van der Waals surface area contributed by atoms with Crippen LogP contribution in [0.1, 0.15) is 6.92 Å². The first-order chi connectivity index (χ1) is 15.6. The van der Waals surface area contributed by atoms with Crippen molar-refractivity contribution in [3.8, 4) is 28.7 Å². The number of carbonyl (C=O) groups excluding carboxylic acids is 1. The maximum atomic E-state index is 15.8. The number of hydrogen-bond donors (Lipinski definition) is 0. The standard InChI is InChI=1S/C23H19FN2O5S/c1-2-3-18(28)26-8-11-30-17-5-4-14(20(24)21(17)26)15-13-32-23-16(27)12-19(31-22(15)23)25-6-9-29-10-7-25/h4-5,12-13H,6-11H2,1H3. The fourth-order valence-electron chi connectivity index (χ4n) is 3.91. The van der Waals surface area contributed by atoms with Crippen molar-refractivity contribution >= 4 is 39.1 Å². The summed E-state index contributed by atoms with van der Waals surface area (Å²) in [7, 11) is 0. The maximum Gasteiger partial charge on any atom is 0.303 e. The highest BCUT2D eigenvalue weighted by molar-refractivity contribution is 7.17. The van der Waals surface area contributed by atoms with Gasteiger partial charge in [-0.3, -0.25) is 14.5 Å². The second kappa shape index (κ2) is 8.30. The van der Waals surface area contributed by atoms with Gasteiger partial charge in [0.2, 0.25) is 5.43 Å². The molecule has 3 aromatic rings. The van der Waals surface area contributed by atoms with Crippen LogP contribution >= 0.6 is 11.3 Å². The molecule has 9 heteroatoms. The van der Waals surface area contributed by atoms with Crippen LogP contribution in [0.25, 0.3) is 21.4 Å². The van der Waals surface area contributed by atoms with Crippen LogP contribution in [0.4, 0.5) is 16.0 Å². The molecule has 1 amide bonds. The number of hydrogen-bond acceptors (Lipinski definition) is 7. The van der Waals surface area contributed by atoms with Gasteiger partial charge in [0.1, 0.15) is 22.7 Å². The molecular weight excluding hydrogens is 435 g/mol. The molecule has 164 valence electrons. The maximum absolute atomic E-state index is 15.8. The molecule has 0 radical (unpaired) electrons. The lowest BCUT2D eigenvalue weighted by Gasteiger charge is -2.29. The highest BCUT2D eigenvalue weighted by Gasteiger charge is 2.29. The lowest BCUT2D eigenvalue weighted by atomic mass is 10.0. The molecule has 0 unspecified atom stereocenters. The van der Waals surface area contributed by atoms with E-state index in [0.717, 1.165) is 0 Å². The normalized spacial score (nSPS) is 15.7. The molecule has 0 atom stereocenters. The van der Waals surface area contributed by atoms with Crippen molar-refractivity contribution in [2.24, 2.45) is 0 Å². The Balaban J connectivity index is 1.65. The van der Waals surface area contributed by atoms with E-state index in [4.69, 9.17) is 13.9 Å². The number of morpholine rings is 1. The van der Waals surface area contributed by atoms with Crippen molar-refractivity contribution in [1.82, 2.24) is 0 Å². The Kier molecular flexibility index (Phi) is 5.33. The SMILES string of the molecule is CC#CC(=O)N1CCOc2ccc(-c3csc4c(=O)cc(N5CCOCC5)oc34)c(F)c21. The summed E-state index contributed by atoms with van der Waals surface area (Å²) < 4.78 is 33.2. The summed E-state index contributed by atoms with van der Waals surface area (Å²) in [6.45, 7) is 4.30. The quantitative estimate of drug-likeness (QED) is 0.554. The number of fused-ring (bicyclic) bond motifs is 2. The van der Waals surface area contributed by atoms with Gasteiger partial charge in [-0.1, -0.05) is 5.92 Å². The van der Waals surface area contributed by atoms with Gasteiger partial charge in [0, 0.05) is 35.7 Å². The first kappa shape index (κ1) is 20.5. The summed E-state index contributed by atoms with van der Waals surface area (Å²) in [6.07, 6.45) is 0. The van der Waals surface area contributed by atoms with Gasteiger partial charge in [-0.05, 0) is 25.0 Å². The Hall–Kier alpha value is -3.35. The van der Waals surface area contributed by atoms with E-state index in [0.29, 0.717) is 48.0 Å².